The molecular formula is C22H34N3O4S+. The molecule has 0 spiro atoms. The molecule has 1 aromatic carbocycles. The van der Waals surface area contributed by atoms with Gasteiger partial charge in [-0.1, -0.05) is 30.3 Å². The van der Waals surface area contributed by atoms with Crippen molar-refractivity contribution in [1.82, 2.24) is 9.29 Å². The van der Waals surface area contributed by atoms with Gasteiger partial charge in [0.05, 0.1) is 13.8 Å². The third kappa shape index (κ3) is 8.44. The first-order valence-corrected chi connectivity index (χ1v) is 11.2. The monoisotopic (exact) mass is 436 g/mol. The molecule has 8 heteroatoms. The molecule has 2 aromatic rings. The van der Waals surface area contributed by atoms with Crippen LogP contribution in [0.4, 0.5) is 0 Å². The number of benzene rings is 1. The van der Waals surface area contributed by atoms with Crippen molar-refractivity contribution in [1.29, 1.82) is 0 Å². The highest BCUT2D eigenvalue weighted by molar-refractivity contribution is 7.87. The van der Waals surface area contributed by atoms with Gasteiger partial charge in [-0.05, 0) is 62.9 Å². The quantitative estimate of drug-likeness (QED) is 0.385. The highest BCUT2D eigenvalue weighted by atomic mass is 32.2. The van der Waals surface area contributed by atoms with Crippen molar-refractivity contribution in [2.75, 3.05) is 13.1 Å². The number of hydrogen-bond donors (Lipinski definition) is 3. The highest BCUT2D eigenvalue weighted by Crippen LogP contribution is 2.31. The Bertz CT molecular complexity index is 864. The van der Waals surface area contributed by atoms with Gasteiger partial charge in [0.15, 0.2) is 0 Å². The van der Waals surface area contributed by atoms with Gasteiger partial charge in [-0.15, -0.1) is 6.58 Å². The Labute approximate surface area is 180 Å². The van der Waals surface area contributed by atoms with Crippen molar-refractivity contribution in [3.63, 3.8) is 0 Å². The number of rotatable bonds is 3. The molecule has 0 unspecified atom stereocenters. The molecule has 0 bridgehead atoms. The van der Waals surface area contributed by atoms with Crippen LogP contribution in [0.2, 0.25) is 0 Å². The zero-order valence-corrected chi connectivity index (χ0v) is 18.9. The van der Waals surface area contributed by atoms with E-state index in [-0.39, 0.29) is 6.47 Å². The van der Waals surface area contributed by atoms with E-state index < -0.39 is 10.2 Å². The Kier molecular flexibility index (Phi) is 13.2. The van der Waals surface area contributed by atoms with Crippen molar-refractivity contribution < 1.29 is 18.3 Å². The highest BCUT2D eigenvalue weighted by Gasteiger charge is 2.17. The van der Waals surface area contributed by atoms with Crippen molar-refractivity contribution >= 4 is 16.7 Å². The fourth-order valence-corrected chi connectivity index (χ4v) is 3.90. The number of nitrogens with one attached hydrogen (secondary N) is 1. The molecule has 4 N–H and O–H groups in total. The fraction of sp³-hybridized carbons (Fsp3) is 0.364. The molecule has 0 saturated carbocycles. The summed E-state index contributed by atoms with van der Waals surface area (Å²) >= 11 is 0. The summed E-state index contributed by atoms with van der Waals surface area (Å²) in [4.78, 5) is 8.36. The summed E-state index contributed by atoms with van der Waals surface area (Å²) < 4.78 is 24.2. The zero-order valence-electron chi connectivity index (χ0n) is 18.0. The standard InChI is InChI=1S/C16H21N3O2S.C3H6.C2H5.CH2O2/c1-12-16(7-10-19(12)22(17,20)21)15-4-2-3-14(11-15)13-5-8-18-9-6-13;1-3-2;1-2;2-1-3/h2-4,7,10-11,13,18H,5-6,8-9H2,1H3,(H2,17,20,21);3H,1H2,2H3;1H2,2H3;1H,(H,2,3)/q;;+1;. The normalized spacial score (nSPS) is 13.3. The molecule has 1 saturated heterocycles. The van der Waals surface area contributed by atoms with Gasteiger partial charge < -0.3 is 10.4 Å². The third-order valence-electron chi connectivity index (χ3n) is 4.38. The lowest BCUT2D eigenvalue weighted by Crippen LogP contribution is -2.26. The third-order valence-corrected chi connectivity index (χ3v) is 5.32. The molecule has 1 aliphatic rings. The molecule has 0 aliphatic carbocycles. The second-order valence-electron chi connectivity index (χ2n) is 6.32. The maximum Gasteiger partial charge on any atom is 0.302 e. The summed E-state index contributed by atoms with van der Waals surface area (Å²) in [5.41, 5.74) is 3.91. The Balaban J connectivity index is 0.000000923. The van der Waals surface area contributed by atoms with E-state index in [1.807, 2.05) is 19.1 Å². The van der Waals surface area contributed by atoms with E-state index in [1.54, 1.807) is 26.0 Å². The molecule has 2 heterocycles. The largest absolute Gasteiger partial charge is 0.483 e. The van der Waals surface area contributed by atoms with Crippen LogP contribution in [-0.4, -0.2) is 37.1 Å². The van der Waals surface area contributed by atoms with Gasteiger partial charge in [0, 0.05) is 17.5 Å². The van der Waals surface area contributed by atoms with Crippen LogP contribution in [0.15, 0.2) is 49.2 Å². The Hall–Kier alpha value is -2.55. The molecule has 166 valence electrons. The summed E-state index contributed by atoms with van der Waals surface area (Å²) in [6, 6.07) is 10.2. The Morgan fingerprint density at radius 1 is 1.27 bits per heavy atom. The second kappa shape index (κ2) is 14.4. The van der Waals surface area contributed by atoms with E-state index in [2.05, 4.69) is 31.0 Å². The number of allylic oxidation sites excluding steroid dienone is 1. The minimum Gasteiger partial charge on any atom is -0.483 e. The van der Waals surface area contributed by atoms with Gasteiger partial charge in [-0.2, -0.15) is 8.42 Å². The van der Waals surface area contributed by atoms with Crippen molar-refractivity contribution in [3.05, 3.63) is 67.4 Å². The average Bonchev–Trinajstić information content (AvgIpc) is 3.13. The molecule has 0 amide bonds. The van der Waals surface area contributed by atoms with Crippen molar-refractivity contribution in [3.8, 4) is 11.1 Å². The van der Waals surface area contributed by atoms with Crippen LogP contribution < -0.4 is 10.5 Å². The fourth-order valence-electron chi connectivity index (χ4n) is 3.19. The Morgan fingerprint density at radius 2 is 1.80 bits per heavy atom. The van der Waals surface area contributed by atoms with Crippen LogP contribution in [0, 0.1) is 13.8 Å². The number of aromatic nitrogens is 1. The SMILES string of the molecule is C=CC.Cc1c(-c2cccc(C3CCNCC3)c2)ccn1S(N)(=O)=O.O=CO.[CH2+]C. The molecular weight excluding hydrogens is 402 g/mol. The van der Waals surface area contributed by atoms with E-state index in [4.69, 9.17) is 15.0 Å². The molecule has 1 fully saturated rings. The van der Waals surface area contributed by atoms with Crippen LogP contribution in [0.1, 0.15) is 43.9 Å². The first-order valence-electron chi connectivity index (χ1n) is 9.68. The van der Waals surface area contributed by atoms with Crippen LogP contribution in [0.25, 0.3) is 11.1 Å². The van der Waals surface area contributed by atoms with Crippen LogP contribution in [0.3, 0.4) is 0 Å². The summed E-state index contributed by atoms with van der Waals surface area (Å²) in [6.45, 7) is 13.9. The summed E-state index contributed by atoms with van der Waals surface area (Å²) in [5.74, 6) is 0.571. The number of nitrogens with two attached hydrogens (primary N) is 1. The van der Waals surface area contributed by atoms with Gasteiger partial charge in [-0.3, -0.25) is 4.79 Å². The zero-order chi connectivity index (χ0) is 23.2. The topological polar surface area (TPSA) is 114 Å². The second-order valence-corrected chi connectivity index (χ2v) is 7.74. The number of nitrogens with zero attached hydrogens (tertiary/aromatic N) is 1. The lowest BCUT2D eigenvalue weighted by molar-refractivity contribution is -0.122. The van der Waals surface area contributed by atoms with E-state index in [9.17, 15) is 8.42 Å². The van der Waals surface area contributed by atoms with Gasteiger partial charge in [0.1, 0.15) is 0 Å². The number of piperidine rings is 1. The molecule has 7 nitrogen and oxygen atoms in total. The Morgan fingerprint density at radius 3 is 2.27 bits per heavy atom. The lowest BCUT2D eigenvalue weighted by Gasteiger charge is -2.23. The van der Waals surface area contributed by atoms with Crippen LogP contribution in [-0.2, 0) is 15.0 Å². The summed E-state index contributed by atoms with van der Waals surface area (Å²) in [5, 5.41) is 15.5. The number of carboxylic acid groups (broad SMARTS) is 1. The van der Waals surface area contributed by atoms with Crippen LogP contribution in [0.5, 0.6) is 0 Å². The average molecular weight is 437 g/mol. The molecule has 1 aromatic heterocycles. The summed E-state index contributed by atoms with van der Waals surface area (Å²) in [7, 11) is -3.74. The van der Waals surface area contributed by atoms with Crippen molar-refractivity contribution in [2.45, 2.75) is 39.5 Å². The van der Waals surface area contributed by atoms with E-state index in [0.29, 0.717) is 11.6 Å². The molecule has 1 aliphatic heterocycles. The summed E-state index contributed by atoms with van der Waals surface area (Å²) in [6.07, 6.45) is 5.54. The van der Waals surface area contributed by atoms with E-state index >= 15 is 0 Å². The van der Waals surface area contributed by atoms with E-state index in [1.165, 1.54) is 11.8 Å². The molecule has 0 atom stereocenters. The maximum absolute atomic E-state index is 11.5. The van der Waals surface area contributed by atoms with Gasteiger partial charge in [-0.25, -0.2) is 9.11 Å². The van der Waals surface area contributed by atoms with Crippen LogP contribution >= 0.6 is 0 Å². The first kappa shape index (κ1) is 27.5. The first-order chi connectivity index (χ1) is 14.3. The smallest absolute Gasteiger partial charge is 0.302 e. The number of carbonyl (C=O) groups is 1. The van der Waals surface area contributed by atoms with Gasteiger partial charge >= 0.3 is 10.2 Å². The van der Waals surface area contributed by atoms with E-state index in [0.717, 1.165) is 41.0 Å². The lowest BCUT2D eigenvalue weighted by atomic mass is 9.88. The molecule has 30 heavy (non-hydrogen) atoms. The predicted molar refractivity (Wildman–Crippen MR) is 124 cm³/mol. The van der Waals surface area contributed by atoms with Gasteiger partial charge in [0.25, 0.3) is 6.47 Å². The maximum atomic E-state index is 11.5. The minimum absolute atomic E-state index is 0.250. The van der Waals surface area contributed by atoms with Crippen molar-refractivity contribution in [2.24, 2.45) is 5.14 Å². The molecule has 3 rings (SSSR count). The molecule has 0 radical (unpaired) electrons. The van der Waals surface area contributed by atoms with Gasteiger partial charge in [0.2, 0.25) is 0 Å². The minimum atomic E-state index is -3.74. The number of hydrogen-bond acceptors (Lipinski definition) is 4. The predicted octanol–water partition coefficient (Wildman–Crippen LogP) is 3.72.